The van der Waals surface area contributed by atoms with Crippen molar-refractivity contribution < 1.29 is 0 Å². The van der Waals surface area contributed by atoms with Gasteiger partial charge >= 0.3 is 0 Å². The number of aromatic nitrogens is 1. The number of rotatable bonds is 3. The van der Waals surface area contributed by atoms with Gasteiger partial charge in [-0.05, 0) is 24.1 Å². The molecule has 0 aliphatic rings. The predicted octanol–water partition coefficient (Wildman–Crippen LogP) is 2.58. The van der Waals surface area contributed by atoms with Gasteiger partial charge in [-0.1, -0.05) is 29.8 Å². The summed E-state index contributed by atoms with van der Waals surface area (Å²) in [5.41, 5.74) is 10.6. The molecule has 0 amide bonds. The number of pyridine rings is 1. The summed E-state index contributed by atoms with van der Waals surface area (Å²) in [5.74, 6) is 0.940. The standard InChI is InChI=1S/C15H19N3/c1-11-4-6-12(7-5-11)13-8-9-17-15(18(2)3)14(13)10-16/h4-9H,10,16H2,1-3H3. The van der Waals surface area contributed by atoms with Crippen LogP contribution < -0.4 is 10.6 Å². The molecular weight excluding hydrogens is 222 g/mol. The van der Waals surface area contributed by atoms with E-state index in [9.17, 15) is 0 Å². The van der Waals surface area contributed by atoms with Crippen LogP contribution >= 0.6 is 0 Å². The topological polar surface area (TPSA) is 42.2 Å². The van der Waals surface area contributed by atoms with Gasteiger partial charge < -0.3 is 10.6 Å². The second-order valence-corrected chi connectivity index (χ2v) is 4.63. The molecule has 0 fully saturated rings. The molecule has 2 N–H and O–H groups in total. The van der Waals surface area contributed by atoms with Gasteiger partial charge in [0.15, 0.2) is 0 Å². The number of hydrogen-bond donors (Lipinski definition) is 1. The molecule has 0 atom stereocenters. The van der Waals surface area contributed by atoms with E-state index in [1.807, 2.05) is 31.3 Å². The first-order valence-electron chi connectivity index (χ1n) is 6.06. The van der Waals surface area contributed by atoms with E-state index in [1.54, 1.807) is 0 Å². The SMILES string of the molecule is Cc1ccc(-c2ccnc(N(C)C)c2CN)cc1. The Morgan fingerprint density at radius 1 is 1.11 bits per heavy atom. The molecule has 1 heterocycles. The van der Waals surface area contributed by atoms with E-state index in [-0.39, 0.29) is 0 Å². The fraction of sp³-hybridized carbons (Fsp3) is 0.267. The molecule has 0 bridgehead atoms. The normalized spacial score (nSPS) is 10.4. The molecule has 3 heteroatoms. The molecule has 18 heavy (non-hydrogen) atoms. The molecule has 2 rings (SSSR count). The number of anilines is 1. The second kappa shape index (κ2) is 5.19. The average molecular weight is 241 g/mol. The van der Waals surface area contributed by atoms with Crippen molar-refractivity contribution in [1.29, 1.82) is 0 Å². The monoisotopic (exact) mass is 241 g/mol. The summed E-state index contributed by atoms with van der Waals surface area (Å²) >= 11 is 0. The molecule has 0 saturated heterocycles. The van der Waals surface area contributed by atoms with Crippen LogP contribution in [0.5, 0.6) is 0 Å². The van der Waals surface area contributed by atoms with E-state index in [2.05, 4.69) is 36.2 Å². The Kier molecular flexibility index (Phi) is 3.63. The number of aryl methyl sites for hydroxylation is 1. The minimum absolute atomic E-state index is 0.491. The molecule has 94 valence electrons. The van der Waals surface area contributed by atoms with E-state index in [4.69, 9.17) is 5.73 Å². The highest BCUT2D eigenvalue weighted by molar-refractivity contribution is 5.72. The molecule has 0 spiro atoms. The van der Waals surface area contributed by atoms with Gasteiger partial charge in [0.25, 0.3) is 0 Å². The van der Waals surface area contributed by atoms with E-state index >= 15 is 0 Å². The molecule has 0 saturated carbocycles. The van der Waals surface area contributed by atoms with E-state index in [1.165, 1.54) is 11.1 Å². The Morgan fingerprint density at radius 3 is 2.33 bits per heavy atom. The van der Waals surface area contributed by atoms with Crippen LogP contribution in [0.4, 0.5) is 5.82 Å². The van der Waals surface area contributed by atoms with Gasteiger partial charge in [-0.3, -0.25) is 0 Å². The second-order valence-electron chi connectivity index (χ2n) is 4.63. The summed E-state index contributed by atoms with van der Waals surface area (Å²) in [6.07, 6.45) is 1.84. The molecule has 0 unspecified atom stereocenters. The van der Waals surface area contributed by atoms with E-state index in [0.29, 0.717) is 6.54 Å². The van der Waals surface area contributed by atoms with E-state index < -0.39 is 0 Å². The third-order valence-electron chi connectivity index (χ3n) is 3.02. The highest BCUT2D eigenvalue weighted by Gasteiger charge is 2.11. The van der Waals surface area contributed by atoms with Gasteiger partial charge in [0.05, 0.1) is 0 Å². The summed E-state index contributed by atoms with van der Waals surface area (Å²) < 4.78 is 0. The highest BCUT2D eigenvalue weighted by atomic mass is 15.1. The fourth-order valence-corrected chi connectivity index (χ4v) is 2.07. The molecule has 0 radical (unpaired) electrons. The van der Waals surface area contributed by atoms with Crippen LogP contribution in [0.25, 0.3) is 11.1 Å². The summed E-state index contributed by atoms with van der Waals surface area (Å²) in [5, 5.41) is 0. The Labute approximate surface area is 108 Å². The van der Waals surface area contributed by atoms with Gasteiger partial charge in [-0.25, -0.2) is 4.98 Å². The number of benzene rings is 1. The van der Waals surface area contributed by atoms with Crippen LogP contribution in [-0.4, -0.2) is 19.1 Å². The molecule has 3 nitrogen and oxygen atoms in total. The van der Waals surface area contributed by atoms with Crippen molar-refractivity contribution in [3.8, 4) is 11.1 Å². The van der Waals surface area contributed by atoms with Gasteiger partial charge in [0, 0.05) is 32.4 Å². The van der Waals surface area contributed by atoms with Crippen molar-refractivity contribution in [3.63, 3.8) is 0 Å². The fourth-order valence-electron chi connectivity index (χ4n) is 2.07. The third-order valence-corrected chi connectivity index (χ3v) is 3.02. The number of nitrogens with zero attached hydrogens (tertiary/aromatic N) is 2. The lowest BCUT2D eigenvalue weighted by Gasteiger charge is -2.18. The Balaban J connectivity index is 2.57. The zero-order chi connectivity index (χ0) is 13.1. The Hall–Kier alpha value is -1.87. The maximum atomic E-state index is 5.89. The predicted molar refractivity (Wildman–Crippen MR) is 76.6 cm³/mol. The van der Waals surface area contributed by atoms with Gasteiger partial charge in [-0.15, -0.1) is 0 Å². The lowest BCUT2D eigenvalue weighted by molar-refractivity contribution is 0.988. The van der Waals surface area contributed by atoms with Crippen molar-refractivity contribution in [2.45, 2.75) is 13.5 Å². The molecule has 0 aliphatic heterocycles. The average Bonchev–Trinajstić information content (AvgIpc) is 2.38. The van der Waals surface area contributed by atoms with Crippen LogP contribution in [0.3, 0.4) is 0 Å². The van der Waals surface area contributed by atoms with E-state index in [0.717, 1.165) is 16.9 Å². The van der Waals surface area contributed by atoms with Crippen molar-refractivity contribution in [2.75, 3.05) is 19.0 Å². The van der Waals surface area contributed by atoms with Crippen molar-refractivity contribution in [1.82, 2.24) is 4.98 Å². The zero-order valence-electron chi connectivity index (χ0n) is 11.1. The molecule has 1 aromatic carbocycles. The largest absolute Gasteiger partial charge is 0.362 e. The quantitative estimate of drug-likeness (QED) is 0.898. The highest BCUT2D eigenvalue weighted by Crippen LogP contribution is 2.28. The lowest BCUT2D eigenvalue weighted by Crippen LogP contribution is -2.15. The molecular formula is C15H19N3. The van der Waals surface area contributed by atoms with Gasteiger partial charge in [0.1, 0.15) is 5.82 Å². The lowest BCUT2D eigenvalue weighted by atomic mass is 10.00. The van der Waals surface area contributed by atoms with Crippen LogP contribution in [0, 0.1) is 6.92 Å². The van der Waals surface area contributed by atoms with Crippen LogP contribution in [0.2, 0.25) is 0 Å². The number of hydrogen-bond acceptors (Lipinski definition) is 3. The van der Waals surface area contributed by atoms with Crippen LogP contribution in [-0.2, 0) is 6.54 Å². The Morgan fingerprint density at radius 2 is 1.78 bits per heavy atom. The summed E-state index contributed by atoms with van der Waals surface area (Å²) in [6, 6.07) is 10.5. The van der Waals surface area contributed by atoms with Crippen LogP contribution in [0.1, 0.15) is 11.1 Å². The first-order valence-corrected chi connectivity index (χ1v) is 6.06. The first kappa shape index (κ1) is 12.6. The first-order chi connectivity index (χ1) is 8.63. The van der Waals surface area contributed by atoms with Crippen LogP contribution in [0.15, 0.2) is 36.5 Å². The summed E-state index contributed by atoms with van der Waals surface area (Å²) in [7, 11) is 3.97. The maximum absolute atomic E-state index is 5.89. The molecule has 1 aromatic heterocycles. The molecule has 0 aliphatic carbocycles. The minimum atomic E-state index is 0.491. The third kappa shape index (κ3) is 2.36. The smallest absolute Gasteiger partial charge is 0.133 e. The Bertz CT molecular complexity index is 530. The van der Waals surface area contributed by atoms with Gasteiger partial charge in [0.2, 0.25) is 0 Å². The van der Waals surface area contributed by atoms with Crippen molar-refractivity contribution in [3.05, 3.63) is 47.7 Å². The van der Waals surface area contributed by atoms with Crippen molar-refractivity contribution in [2.24, 2.45) is 5.73 Å². The summed E-state index contributed by atoms with van der Waals surface area (Å²) in [4.78, 5) is 6.40. The maximum Gasteiger partial charge on any atom is 0.133 e. The van der Waals surface area contributed by atoms with Gasteiger partial charge in [-0.2, -0.15) is 0 Å². The minimum Gasteiger partial charge on any atom is -0.362 e. The zero-order valence-corrected chi connectivity index (χ0v) is 11.1. The summed E-state index contributed by atoms with van der Waals surface area (Å²) in [6.45, 7) is 2.58. The molecule has 2 aromatic rings. The van der Waals surface area contributed by atoms with Crippen molar-refractivity contribution >= 4 is 5.82 Å². The number of nitrogens with two attached hydrogens (primary N) is 1.